The summed E-state index contributed by atoms with van der Waals surface area (Å²) in [6.45, 7) is 1.78. The van der Waals surface area contributed by atoms with Crippen molar-refractivity contribution in [1.29, 1.82) is 0 Å². The van der Waals surface area contributed by atoms with Gasteiger partial charge in [0.25, 0.3) is 0 Å². The first-order valence-corrected chi connectivity index (χ1v) is 6.93. The fourth-order valence-corrected chi connectivity index (χ4v) is 2.40. The lowest BCUT2D eigenvalue weighted by atomic mass is 10.0. The molecular formula is C16H16ClF2NO. The minimum absolute atomic E-state index is 0.229. The van der Waals surface area contributed by atoms with E-state index in [-0.39, 0.29) is 5.56 Å². The average Bonchev–Trinajstić information content (AvgIpc) is 2.43. The summed E-state index contributed by atoms with van der Waals surface area (Å²) in [5.74, 6) is -0.383. The van der Waals surface area contributed by atoms with Crippen LogP contribution in [0.4, 0.5) is 8.78 Å². The van der Waals surface area contributed by atoms with E-state index in [0.717, 1.165) is 12.1 Å². The molecule has 2 atom stereocenters. The quantitative estimate of drug-likeness (QED) is 0.886. The average molecular weight is 312 g/mol. The molecule has 21 heavy (non-hydrogen) atoms. The van der Waals surface area contributed by atoms with Gasteiger partial charge >= 0.3 is 0 Å². The zero-order chi connectivity index (χ0) is 15.4. The molecule has 0 saturated heterocycles. The van der Waals surface area contributed by atoms with Crippen molar-refractivity contribution in [1.82, 2.24) is 5.32 Å². The third kappa shape index (κ3) is 3.93. The normalized spacial score (nSPS) is 13.8. The van der Waals surface area contributed by atoms with Gasteiger partial charge in [0.2, 0.25) is 0 Å². The first kappa shape index (κ1) is 15.7. The van der Waals surface area contributed by atoms with Crippen molar-refractivity contribution in [2.24, 2.45) is 0 Å². The van der Waals surface area contributed by atoms with E-state index in [1.165, 1.54) is 6.07 Å². The SMILES string of the molecule is CNC(c1cc(F)ccc1F)C(C)Oc1cccc(Cl)c1. The molecule has 2 aromatic carbocycles. The molecule has 0 bridgehead atoms. The van der Waals surface area contributed by atoms with Gasteiger partial charge in [0.1, 0.15) is 23.5 Å². The lowest BCUT2D eigenvalue weighted by molar-refractivity contribution is 0.173. The van der Waals surface area contributed by atoms with E-state index in [9.17, 15) is 8.78 Å². The first-order valence-electron chi connectivity index (χ1n) is 6.55. The molecule has 0 saturated carbocycles. The molecule has 0 amide bonds. The molecule has 2 aromatic rings. The lowest BCUT2D eigenvalue weighted by Gasteiger charge is -2.25. The van der Waals surface area contributed by atoms with Gasteiger partial charge in [-0.05, 0) is 50.4 Å². The Morgan fingerprint density at radius 3 is 2.57 bits per heavy atom. The number of benzene rings is 2. The fraction of sp³-hybridized carbons (Fsp3) is 0.250. The highest BCUT2D eigenvalue weighted by Gasteiger charge is 2.23. The zero-order valence-electron chi connectivity index (χ0n) is 11.7. The molecule has 1 N–H and O–H groups in total. The molecule has 0 aliphatic heterocycles. The molecule has 2 nitrogen and oxygen atoms in total. The summed E-state index contributed by atoms with van der Waals surface area (Å²) >= 11 is 5.90. The van der Waals surface area contributed by atoms with Gasteiger partial charge < -0.3 is 10.1 Å². The summed E-state index contributed by atoms with van der Waals surface area (Å²) < 4.78 is 33.0. The third-order valence-corrected chi connectivity index (χ3v) is 3.43. The molecule has 0 fully saturated rings. The molecule has 0 aliphatic rings. The summed E-state index contributed by atoms with van der Waals surface area (Å²) in [5.41, 5.74) is 0.229. The predicted octanol–water partition coefficient (Wildman–Crippen LogP) is 4.35. The van der Waals surface area contributed by atoms with Crippen LogP contribution < -0.4 is 10.1 Å². The van der Waals surface area contributed by atoms with Gasteiger partial charge in [-0.1, -0.05) is 17.7 Å². The van der Waals surface area contributed by atoms with E-state index in [0.29, 0.717) is 10.8 Å². The molecule has 0 radical (unpaired) electrons. The molecule has 2 rings (SSSR count). The molecular weight excluding hydrogens is 296 g/mol. The largest absolute Gasteiger partial charge is 0.489 e. The molecule has 0 spiro atoms. The topological polar surface area (TPSA) is 21.3 Å². The number of nitrogens with one attached hydrogen (secondary N) is 1. The maximum atomic E-state index is 13.9. The lowest BCUT2D eigenvalue weighted by Crippen LogP contribution is -2.32. The van der Waals surface area contributed by atoms with Crippen LogP contribution in [0.15, 0.2) is 42.5 Å². The molecule has 0 aliphatic carbocycles. The summed E-state index contributed by atoms with van der Waals surface area (Å²) in [7, 11) is 1.67. The minimum atomic E-state index is -0.486. The number of hydrogen-bond donors (Lipinski definition) is 1. The second kappa shape index (κ2) is 6.87. The Morgan fingerprint density at radius 2 is 1.90 bits per heavy atom. The van der Waals surface area contributed by atoms with E-state index >= 15 is 0 Å². The van der Waals surface area contributed by atoms with Crippen LogP contribution in [-0.2, 0) is 0 Å². The van der Waals surface area contributed by atoms with Crippen LogP contribution in [0.5, 0.6) is 5.75 Å². The Kier molecular flexibility index (Phi) is 5.15. The fourth-order valence-electron chi connectivity index (χ4n) is 2.22. The van der Waals surface area contributed by atoms with Gasteiger partial charge in [-0.15, -0.1) is 0 Å². The monoisotopic (exact) mass is 311 g/mol. The van der Waals surface area contributed by atoms with E-state index in [1.807, 2.05) is 0 Å². The van der Waals surface area contributed by atoms with Gasteiger partial charge in [0.15, 0.2) is 0 Å². The van der Waals surface area contributed by atoms with Gasteiger partial charge in [0, 0.05) is 10.6 Å². The van der Waals surface area contributed by atoms with Crippen LogP contribution in [-0.4, -0.2) is 13.2 Å². The summed E-state index contributed by atoms with van der Waals surface area (Å²) in [4.78, 5) is 0. The zero-order valence-corrected chi connectivity index (χ0v) is 12.5. The Labute approximate surface area is 127 Å². The van der Waals surface area contributed by atoms with Crippen LogP contribution >= 0.6 is 11.6 Å². The van der Waals surface area contributed by atoms with Gasteiger partial charge in [-0.3, -0.25) is 0 Å². The van der Waals surface area contributed by atoms with E-state index in [2.05, 4.69) is 5.32 Å². The van der Waals surface area contributed by atoms with Crippen LogP contribution in [0.3, 0.4) is 0 Å². The maximum Gasteiger partial charge on any atom is 0.128 e. The van der Waals surface area contributed by atoms with Crippen LogP contribution in [0.25, 0.3) is 0 Å². The second-order valence-electron chi connectivity index (χ2n) is 4.71. The summed E-state index contributed by atoms with van der Waals surface area (Å²) in [6.07, 6.45) is -0.412. The first-order chi connectivity index (χ1) is 10.0. The van der Waals surface area contributed by atoms with E-state index in [4.69, 9.17) is 16.3 Å². The molecule has 2 unspecified atom stereocenters. The second-order valence-corrected chi connectivity index (χ2v) is 5.15. The standard InChI is InChI=1S/C16H16ClF2NO/c1-10(21-13-5-3-4-11(17)8-13)16(20-2)14-9-12(18)6-7-15(14)19/h3-10,16,20H,1-2H3. The number of likely N-dealkylation sites (N-methyl/N-ethyl adjacent to an activating group) is 1. The summed E-state index contributed by atoms with van der Waals surface area (Å²) in [5, 5.41) is 3.51. The Morgan fingerprint density at radius 1 is 1.14 bits per heavy atom. The highest BCUT2D eigenvalue weighted by Crippen LogP contribution is 2.26. The van der Waals surface area contributed by atoms with Crippen molar-refractivity contribution in [2.45, 2.75) is 19.1 Å². The molecule has 5 heteroatoms. The third-order valence-electron chi connectivity index (χ3n) is 3.19. The minimum Gasteiger partial charge on any atom is -0.489 e. The summed E-state index contributed by atoms with van der Waals surface area (Å²) in [6, 6.07) is 9.83. The van der Waals surface area contributed by atoms with Crippen molar-refractivity contribution in [3.05, 3.63) is 64.7 Å². The van der Waals surface area contributed by atoms with Crippen molar-refractivity contribution >= 4 is 11.6 Å². The van der Waals surface area contributed by atoms with Gasteiger partial charge in [-0.2, -0.15) is 0 Å². The molecule has 0 heterocycles. The van der Waals surface area contributed by atoms with Crippen LogP contribution in [0, 0.1) is 11.6 Å². The van der Waals surface area contributed by atoms with Gasteiger partial charge in [-0.25, -0.2) is 8.78 Å². The van der Waals surface area contributed by atoms with E-state index < -0.39 is 23.8 Å². The number of hydrogen-bond acceptors (Lipinski definition) is 2. The highest BCUT2D eigenvalue weighted by atomic mass is 35.5. The maximum absolute atomic E-state index is 13.9. The van der Waals surface area contributed by atoms with Crippen molar-refractivity contribution in [2.75, 3.05) is 7.05 Å². The van der Waals surface area contributed by atoms with E-state index in [1.54, 1.807) is 38.2 Å². The van der Waals surface area contributed by atoms with Crippen molar-refractivity contribution < 1.29 is 13.5 Å². The Hall–Kier alpha value is -1.65. The van der Waals surface area contributed by atoms with Crippen LogP contribution in [0.2, 0.25) is 5.02 Å². The molecule has 112 valence electrons. The number of rotatable bonds is 5. The van der Waals surface area contributed by atoms with Gasteiger partial charge in [0.05, 0.1) is 6.04 Å². The van der Waals surface area contributed by atoms with Crippen molar-refractivity contribution in [3.8, 4) is 5.75 Å². The number of ether oxygens (including phenoxy) is 1. The predicted molar refractivity (Wildman–Crippen MR) is 79.7 cm³/mol. The van der Waals surface area contributed by atoms with Crippen molar-refractivity contribution in [3.63, 3.8) is 0 Å². The highest BCUT2D eigenvalue weighted by molar-refractivity contribution is 6.30. The van der Waals surface area contributed by atoms with Crippen LogP contribution in [0.1, 0.15) is 18.5 Å². The smallest absolute Gasteiger partial charge is 0.128 e. The number of halogens is 3. The molecule has 0 aromatic heterocycles. The Bertz CT molecular complexity index is 621. The Balaban J connectivity index is 2.22.